The van der Waals surface area contributed by atoms with Gasteiger partial charge in [0.1, 0.15) is 18.2 Å². The number of ether oxygens (including phenoxy) is 3. The summed E-state index contributed by atoms with van der Waals surface area (Å²) in [4.78, 5) is 11.8. The molecule has 0 amide bonds. The summed E-state index contributed by atoms with van der Waals surface area (Å²) >= 11 is 0. The normalized spacial score (nSPS) is 10.8. The van der Waals surface area contributed by atoms with Crippen LogP contribution in [-0.2, 0) is 16.1 Å². The highest BCUT2D eigenvalue weighted by Crippen LogP contribution is 2.30. The van der Waals surface area contributed by atoms with Gasteiger partial charge in [0.25, 0.3) is 0 Å². The Kier molecular flexibility index (Phi) is 7.45. The van der Waals surface area contributed by atoms with Crippen LogP contribution in [0.2, 0.25) is 0 Å². The molecule has 0 aliphatic carbocycles. The maximum Gasteiger partial charge on any atom is 0.348 e. The van der Waals surface area contributed by atoms with Crippen molar-refractivity contribution in [3.8, 4) is 17.6 Å². The van der Waals surface area contributed by atoms with Crippen molar-refractivity contribution in [2.75, 3.05) is 13.2 Å². The van der Waals surface area contributed by atoms with Crippen LogP contribution in [0.15, 0.2) is 48.0 Å². The van der Waals surface area contributed by atoms with E-state index in [0.29, 0.717) is 30.3 Å². The quantitative estimate of drug-likeness (QED) is 0.393. The van der Waals surface area contributed by atoms with Crippen molar-refractivity contribution in [1.82, 2.24) is 0 Å². The van der Waals surface area contributed by atoms with Crippen molar-refractivity contribution in [2.45, 2.75) is 27.4 Å². The number of benzene rings is 2. The number of hydrogen-bond acceptors (Lipinski definition) is 5. The Morgan fingerprint density at radius 2 is 1.89 bits per heavy atom. The van der Waals surface area contributed by atoms with Gasteiger partial charge in [-0.15, -0.1) is 0 Å². The van der Waals surface area contributed by atoms with E-state index in [1.165, 1.54) is 11.6 Å². The van der Waals surface area contributed by atoms with Gasteiger partial charge in [0.05, 0.1) is 13.2 Å². The van der Waals surface area contributed by atoms with Crippen LogP contribution < -0.4 is 9.47 Å². The molecule has 0 aromatic heterocycles. The molecular weight excluding hydrogens is 342 g/mol. The van der Waals surface area contributed by atoms with Gasteiger partial charge in [0.2, 0.25) is 0 Å². The van der Waals surface area contributed by atoms with Gasteiger partial charge in [-0.05, 0) is 50.1 Å². The highest BCUT2D eigenvalue weighted by atomic mass is 16.5. The van der Waals surface area contributed by atoms with Gasteiger partial charge in [-0.3, -0.25) is 0 Å². The van der Waals surface area contributed by atoms with Crippen LogP contribution in [0.25, 0.3) is 6.08 Å². The third-order valence-electron chi connectivity index (χ3n) is 3.67. The maximum atomic E-state index is 11.8. The fourth-order valence-electron chi connectivity index (χ4n) is 2.48. The third-order valence-corrected chi connectivity index (χ3v) is 3.67. The molecule has 2 rings (SSSR count). The van der Waals surface area contributed by atoms with E-state index in [1.807, 2.05) is 38.1 Å². The number of hydrogen-bond donors (Lipinski definition) is 0. The van der Waals surface area contributed by atoms with Crippen LogP contribution in [0.5, 0.6) is 11.5 Å². The minimum Gasteiger partial charge on any atom is -0.490 e. The van der Waals surface area contributed by atoms with Gasteiger partial charge in [0.15, 0.2) is 11.5 Å². The largest absolute Gasteiger partial charge is 0.490 e. The first-order valence-electron chi connectivity index (χ1n) is 8.81. The van der Waals surface area contributed by atoms with E-state index in [1.54, 1.807) is 25.1 Å². The third kappa shape index (κ3) is 5.89. The van der Waals surface area contributed by atoms with Crippen molar-refractivity contribution in [1.29, 1.82) is 5.26 Å². The molecule has 2 aromatic rings. The molecule has 0 spiro atoms. The van der Waals surface area contributed by atoms with E-state index < -0.39 is 5.97 Å². The van der Waals surface area contributed by atoms with Gasteiger partial charge in [-0.25, -0.2) is 4.79 Å². The van der Waals surface area contributed by atoms with Gasteiger partial charge in [-0.2, -0.15) is 5.26 Å². The predicted molar refractivity (Wildman–Crippen MR) is 103 cm³/mol. The first kappa shape index (κ1) is 20.1. The summed E-state index contributed by atoms with van der Waals surface area (Å²) < 4.78 is 16.4. The molecule has 0 unspecified atom stereocenters. The predicted octanol–water partition coefficient (Wildman–Crippen LogP) is 4.44. The second-order valence-electron chi connectivity index (χ2n) is 5.81. The molecular formula is C22H23NO4. The number of rotatable bonds is 8. The van der Waals surface area contributed by atoms with E-state index in [2.05, 4.69) is 6.07 Å². The van der Waals surface area contributed by atoms with Crippen molar-refractivity contribution in [3.63, 3.8) is 0 Å². The Morgan fingerprint density at radius 1 is 1.07 bits per heavy atom. The molecule has 5 nitrogen and oxygen atoms in total. The summed E-state index contributed by atoms with van der Waals surface area (Å²) in [7, 11) is 0. The molecule has 0 saturated carbocycles. The molecule has 0 aliphatic heterocycles. The lowest BCUT2D eigenvalue weighted by molar-refractivity contribution is -0.137. The van der Waals surface area contributed by atoms with E-state index >= 15 is 0 Å². The molecule has 0 saturated heterocycles. The van der Waals surface area contributed by atoms with Gasteiger partial charge in [0, 0.05) is 0 Å². The van der Waals surface area contributed by atoms with Crippen LogP contribution in [0.4, 0.5) is 0 Å². The molecule has 0 radical (unpaired) electrons. The first-order chi connectivity index (χ1) is 13.1. The van der Waals surface area contributed by atoms with E-state index in [9.17, 15) is 4.79 Å². The van der Waals surface area contributed by atoms with Crippen LogP contribution in [-0.4, -0.2) is 19.2 Å². The monoisotopic (exact) mass is 365 g/mol. The Bertz CT molecular complexity index is 865. The SMILES string of the molecule is CCOC(=O)/C(C#N)=C\c1ccc(OCc2cccc(C)c2)c(OCC)c1. The molecule has 0 atom stereocenters. The number of carbonyl (C=O) groups is 1. The fraction of sp³-hybridized carbons (Fsp3) is 0.273. The van der Waals surface area contributed by atoms with Gasteiger partial charge < -0.3 is 14.2 Å². The standard InChI is InChI=1S/C22H23NO4/c1-4-25-21-13-17(12-19(14-23)22(24)26-5-2)9-10-20(21)27-15-18-8-6-7-16(3)11-18/h6-13H,4-5,15H2,1-3H3/b19-12-. The summed E-state index contributed by atoms with van der Waals surface area (Å²) in [5.74, 6) is 0.517. The lowest BCUT2D eigenvalue weighted by Gasteiger charge is -2.13. The molecule has 0 fully saturated rings. The smallest absolute Gasteiger partial charge is 0.348 e. The van der Waals surface area contributed by atoms with Crippen molar-refractivity contribution < 1.29 is 19.0 Å². The zero-order chi connectivity index (χ0) is 19.6. The molecule has 27 heavy (non-hydrogen) atoms. The zero-order valence-electron chi connectivity index (χ0n) is 15.8. The average Bonchev–Trinajstić information content (AvgIpc) is 2.66. The average molecular weight is 365 g/mol. The minimum atomic E-state index is -0.641. The Labute approximate surface area is 159 Å². The first-order valence-corrected chi connectivity index (χ1v) is 8.81. The van der Waals surface area contributed by atoms with Crippen LogP contribution >= 0.6 is 0 Å². The van der Waals surface area contributed by atoms with E-state index in [-0.39, 0.29) is 12.2 Å². The minimum absolute atomic E-state index is 0.0623. The van der Waals surface area contributed by atoms with E-state index in [4.69, 9.17) is 19.5 Å². The Morgan fingerprint density at radius 3 is 2.56 bits per heavy atom. The molecule has 140 valence electrons. The highest BCUT2D eigenvalue weighted by Gasteiger charge is 2.12. The Hall–Kier alpha value is -3.26. The molecule has 0 aliphatic rings. The lowest BCUT2D eigenvalue weighted by atomic mass is 10.1. The van der Waals surface area contributed by atoms with Crippen LogP contribution in [0.1, 0.15) is 30.5 Å². The van der Waals surface area contributed by atoms with Crippen molar-refractivity contribution in [3.05, 3.63) is 64.7 Å². The van der Waals surface area contributed by atoms with Gasteiger partial charge >= 0.3 is 5.97 Å². The molecule has 5 heteroatoms. The number of nitrogens with zero attached hydrogens (tertiary/aromatic N) is 1. The van der Waals surface area contributed by atoms with Crippen molar-refractivity contribution in [2.24, 2.45) is 0 Å². The van der Waals surface area contributed by atoms with Gasteiger partial charge in [-0.1, -0.05) is 35.9 Å². The molecule has 0 N–H and O–H groups in total. The van der Waals surface area contributed by atoms with Crippen LogP contribution in [0.3, 0.4) is 0 Å². The molecule has 0 heterocycles. The van der Waals surface area contributed by atoms with Crippen LogP contribution in [0, 0.1) is 18.3 Å². The summed E-state index contributed by atoms with van der Waals surface area (Å²) in [5, 5.41) is 9.17. The second-order valence-corrected chi connectivity index (χ2v) is 5.81. The number of aryl methyl sites for hydroxylation is 1. The molecule has 2 aromatic carbocycles. The number of esters is 1. The molecule has 0 bridgehead atoms. The second kappa shape index (κ2) is 10.0. The summed E-state index contributed by atoms with van der Waals surface area (Å²) in [6.07, 6.45) is 1.48. The number of nitriles is 1. The highest BCUT2D eigenvalue weighted by molar-refractivity contribution is 5.97. The summed E-state index contributed by atoms with van der Waals surface area (Å²) in [6.45, 7) is 6.72. The maximum absolute atomic E-state index is 11.8. The topological polar surface area (TPSA) is 68.6 Å². The Balaban J connectivity index is 2.22. The zero-order valence-corrected chi connectivity index (χ0v) is 15.8. The summed E-state index contributed by atoms with van der Waals surface area (Å²) in [6, 6.07) is 15.2. The summed E-state index contributed by atoms with van der Waals surface area (Å²) in [5.41, 5.74) is 2.83. The lowest BCUT2D eigenvalue weighted by Crippen LogP contribution is -2.06. The number of carbonyl (C=O) groups excluding carboxylic acids is 1. The van der Waals surface area contributed by atoms with Crippen molar-refractivity contribution >= 4 is 12.0 Å². The van der Waals surface area contributed by atoms with E-state index in [0.717, 1.165) is 5.56 Å². The fourth-order valence-corrected chi connectivity index (χ4v) is 2.48.